The maximum Gasteiger partial charge on any atom is 0.319 e. The van der Waals surface area contributed by atoms with Crippen LogP contribution in [0.4, 0.5) is 15.6 Å². The molecule has 3 N–H and O–H groups in total. The van der Waals surface area contributed by atoms with Crippen LogP contribution in [0.25, 0.3) is 0 Å². The van der Waals surface area contributed by atoms with Gasteiger partial charge in [0, 0.05) is 22.2 Å². The van der Waals surface area contributed by atoms with Gasteiger partial charge in [0.25, 0.3) is 5.91 Å². The fraction of sp³-hybridized carbons (Fsp3) is 0.450. The average molecular weight is 385 g/mol. The van der Waals surface area contributed by atoms with Gasteiger partial charge in [0.2, 0.25) is 0 Å². The normalized spacial score (nSPS) is 16.6. The van der Waals surface area contributed by atoms with Crippen molar-refractivity contribution in [2.75, 3.05) is 10.6 Å². The summed E-state index contributed by atoms with van der Waals surface area (Å²) < 4.78 is 0. The predicted molar refractivity (Wildman–Crippen MR) is 108 cm³/mol. The number of aryl methyl sites for hydroxylation is 2. The summed E-state index contributed by atoms with van der Waals surface area (Å²) in [5.41, 5.74) is 2.25. The van der Waals surface area contributed by atoms with Crippen LogP contribution >= 0.6 is 11.3 Å². The molecule has 4 rings (SSSR count). The molecule has 0 unspecified atom stereocenters. The lowest BCUT2D eigenvalue weighted by molar-refractivity contribution is 0.102. The molecule has 0 saturated heterocycles. The Kier molecular flexibility index (Phi) is 5.38. The average Bonchev–Trinajstić information content (AvgIpc) is 3.36. The van der Waals surface area contributed by atoms with Crippen LogP contribution in [-0.2, 0) is 12.8 Å². The molecular weight excluding hydrogens is 360 g/mol. The zero-order valence-electron chi connectivity index (χ0n) is 15.2. The van der Waals surface area contributed by atoms with Crippen LogP contribution in [0.15, 0.2) is 24.3 Å². The summed E-state index contributed by atoms with van der Waals surface area (Å²) in [7, 11) is 0. The first-order chi connectivity index (χ1) is 13.2. The number of anilines is 2. The Morgan fingerprint density at radius 3 is 2.67 bits per heavy atom. The Bertz CT molecular complexity index is 819. The highest BCUT2D eigenvalue weighted by Crippen LogP contribution is 2.29. The lowest BCUT2D eigenvalue weighted by atomic mass is 10.0. The van der Waals surface area contributed by atoms with Crippen LogP contribution in [-0.4, -0.2) is 23.0 Å². The van der Waals surface area contributed by atoms with E-state index in [4.69, 9.17) is 0 Å². The van der Waals surface area contributed by atoms with E-state index in [2.05, 4.69) is 20.9 Å². The molecule has 2 aliphatic rings. The zero-order valence-corrected chi connectivity index (χ0v) is 16.0. The van der Waals surface area contributed by atoms with Crippen molar-refractivity contribution in [2.24, 2.45) is 0 Å². The molecule has 1 aromatic heterocycles. The van der Waals surface area contributed by atoms with Crippen molar-refractivity contribution in [3.8, 4) is 0 Å². The van der Waals surface area contributed by atoms with Gasteiger partial charge in [-0.2, -0.15) is 0 Å². The van der Waals surface area contributed by atoms with E-state index in [0.717, 1.165) is 31.4 Å². The summed E-state index contributed by atoms with van der Waals surface area (Å²) in [6.07, 6.45) is 9.01. The Morgan fingerprint density at radius 1 is 1.04 bits per heavy atom. The lowest BCUT2D eigenvalue weighted by Crippen LogP contribution is -2.30. The molecule has 0 aliphatic heterocycles. The van der Waals surface area contributed by atoms with Gasteiger partial charge < -0.3 is 10.6 Å². The van der Waals surface area contributed by atoms with E-state index in [0.29, 0.717) is 22.4 Å². The number of thiazole rings is 1. The fourth-order valence-electron chi connectivity index (χ4n) is 3.25. The highest BCUT2D eigenvalue weighted by atomic mass is 32.1. The second kappa shape index (κ2) is 8.08. The van der Waals surface area contributed by atoms with E-state index in [1.165, 1.54) is 30.6 Å². The summed E-state index contributed by atoms with van der Waals surface area (Å²) in [4.78, 5) is 30.4. The van der Waals surface area contributed by atoms with Crippen LogP contribution in [0.1, 0.15) is 59.5 Å². The van der Waals surface area contributed by atoms with Crippen LogP contribution < -0.4 is 16.0 Å². The van der Waals surface area contributed by atoms with Crippen molar-refractivity contribution in [2.45, 2.75) is 57.4 Å². The van der Waals surface area contributed by atoms with Gasteiger partial charge in [0.15, 0.2) is 5.13 Å². The molecule has 0 atom stereocenters. The first-order valence-electron chi connectivity index (χ1n) is 9.65. The molecule has 2 aromatic rings. The van der Waals surface area contributed by atoms with Gasteiger partial charge in [-0.1, -0.05) is 18.9 Å². The Balaban J connectivity index is 1.41. The number of rotatable bonds is 4. The third-order valence-electron chi connectivity index (χ3n) is 4.86. The highest BCUT2D eigenvalue weighted by molar-refractivity contribution is 7.15. The van der Waals surface area contributed by atoms with E-state index in [-0.39, 0.29) is 11.9 Å². The monoisotopic (exact) mass is 384 g/mol. The minimum atomic E-state index is -0.227. The van der Waals surface area contributed by atoms with Crippen LogP contribution in [0.3, 0.4) is 0 Å². The van der Waals surface area contributed by atoms with Crippen molar-refractivity contribution < 1.29 is 9.59 Å². The molecule has 1 fully saturated rings. The smallest absolute Gasteiger partial charge is 0.319 e. The quantitative estimate of drug-likeness (QED) is 0.733. The highest BCUT2D eigenvalue weighted by Gasteiger charge is 2.23. The summed E-state index contributed by atoms with van der Waals surface area (Å²) in [5, 5.41) is 9.24. The maximum absolute atomic E-state index is 12.6. The number of carbonyl (C=O) groups excluding carboxylic acids is 2. The van der Waals surface area contributed by atoms with Crippen molar-refractivity contribution in [1.29, 1.82) is 0 Å². The molecule has 27 heavy (non-hydrogen) atoms. The largest absolute Gasteiger partial charge is 0.335 e. The molecule has 0 radical (unpaired) electrons. The number of hydrogen-bond acceptors (Lipinski definition) is 4. The van der Waals surface area contributed by atoms with Crippen molar-refractivity contribution >= 4 is 34.1 Å². The fourth-order valence-corrected chi connectivity index (χ4v) is 4.29. The number of amides is 3. The number of urea groups is 1. The number of carbonyl (C=O) groups is 2. The SMILES string of the molecule is O=C(Nc1cccc(C(=O)Nc2nc3c(s2)CCCCCC3)c1)NC1CC1. The molecule has 7 heteroatoms. The minimum absolute atomic E-state index is 0.206. The third kappa shape index (κ3) is 4.86. The predicted octanol–water partition coefficient (Wildman–Crippen LogP) is 4.34. The van der Waals surface area contributed by atoms with Crippen LogP contribution in [0, 0.1) is 0 Å². The van der Waals surface area contributed by atoms with Crippen LogP contribution in [0.2, 0.25) is 0 Å². The number of nitrogens with one attached hydrogen (secondary N) is 3. The van der Waals surface area contributed by atoms with Crippen LogP contribution in [0.5, 0.6) is 0 Å². The molecule has 0 spiro atoms. The maximum atomic E-state index is 12.6. The third-order valence-corrected chi connectivity index (χ3v) is 5.93. The second-order valence-corrected chi connectivity index (χ2v) is 8.29. The first kappa shape index (κ1) is 18.0. The number of aromatic nitrogens is 1. The summed E-state index contributed by atoms with van der Waals surface area (Å²) >= 11 is 1.59. The molecule has 1 saturated carbocycles. The number of hydrogen-bond donors (Lipinski definition) is 3. The standard InChI is InChI=1S/C20H24N4O2S/c25-18(24-20-23-16-8-3-1-2-4-9-17(16)27-20)13-6-5-7-15(12-13)22-19(26)21-14-10-11-14/h5-7,12,14H,1-4,8-11H2,(H2,21,22,26)(H,23,24,25). The second-order valence-electron chi connectivity index (χ2n) is 7.21. The molecule has 142 valence electrons. The van der Waals surface area contributed by atoms with Crippen molar-refractivity contribution in [3.63, 3.8) is 0 Å². The summed E-state index contributed by atoms with van der Waals surface area (Å²) in [6, 6.07) is 7.03. The molecule has 6 nitrogen and oxygen atoms in total. The Morgan fingerprint density at radius 2 is 1.85 bits per heavy atom. The van der Waals surface area contributed by atoms with E-state index in [1.807, 2.05) is 0 Å². The van der Waals surface area contributed by atoms with Gasteiger partial charge in [0.05, 0.1) is 5.69 Å². The molecule has 2 aliphatic carbocycles. The molecular formula is C20H24N4O2S. The molecule has 1 aromatic carbocycles. The summed E-state index contributed by atoms with van der Waals surface area (Å²) in [5.74, 6) is -0.206. The van der Waals surface area contributed by atoms with E-state index in [1.54, 1.807) is 35.6 Å². The number of benzene rings is 1. The van der Waals surface area contributed by atoms with E-state index in [9.17, 15) is 9.59 Å². The molecule has 0 bridgehead atoms. The molecule has 1 heterocycles. The van der Waals surface area contributed by atoms with Gasteiger partial charge in [0.1, 0.15) is 0 Å². The first-order valence-corrected chi connectivity index (χ1v) is 10.5. The van der Waals surface area contributed by atoms with E-state index >= 15 is 0 Å². The van der Waals surface area contributed by atoms with Crippen molar-refractivity contribution in [1.82, 2.24) is 10.3 Å². The molecule has 3 amide bonds. The van der Waals surface area contributed by atoms with Gasteiger partial charge in [-0.05, 0) is 56.7 Å². The van der Waals surface area contributed by atoms with Gasteiger partial charge >= 0.3 is 6.03 Å². The zero-order chi connectivity index (χ0) is 18.6. The van der Waals surface area contributed by atoms with Crippen molar-refractivity contribution in [3.05, 3.63) is 40.4 Å². The topological polar surface area (TPSA) is 83.1 Å². The Labute approximate surface area is 162 Å². The Hall–Kier alpha value is -2.41. The number of fused-ring (bicyclic) bond motifs is 1. The lowest BCUT2D eigenvalue weighted by Gasteiger charge is -2.08. The summed E-state index contributed by atoms with van der Waals surface area (Å²) in [6.45, 7) is 0. The van der Waals surface area contributed by atoms with Gasteiger partial charge in [-0.15, -0.1) is 11.3 Å². The minimum Gasteiger partial charge on any atom is -0.335 e. The number of nitrogens with zero attached hydrogens (tertiary/aromatic N) is 1. The van der Waals surface area contributed by atoms with Gasteiger partial charge in [-0.3, -0.25) is 10.1 Å². The van der Waals surface area contributed by atoms with E-state index < -0.39 is 0 Å². The van der Waals surface area contributed by atoms with Gasteiger partial charge in [-0.25, -0.2) is 9.78 Å².